The Hall–Kier alpha value is -0.610. The van der Waals surface area contributed by atoms with Gasteiger partial charge in [0.2, 0.25) is 0 Å². The number of carboxylic acid groups (broad SMARTS) is 1. The second-order valence-electron chi connectivity index (χ2n) is 6.91. The molecule has 1 aliphatic carbocycles. The van der Waals surface area contributed by atoms with Crippen molar-refractivity contribution in [3.63, 3.8) is 0 Å². The Labute approximate surface area is 129 Å². The van der Waals surface area contributed by atoms with E-state index in [0.717, 1.165) is 38.8 Å². The summed E-state index contributed by atoms with van der Waals surface area (Å²) < 4.78 is 0. The van der Waals surface area contributed by atoms with Crippen molar-refractivity contribution in [3.05, 3.63) is 0 Å². The zero-order valence-corrected chi connectivity index (χ0v) is 13.9. The Morgan fingerprint density at radius 3 is 2.71 bits per heavy atom. The van der Waals surface area contributed by atoms with Crippen molar-refractivity contribution in [1.29, 1.82) is 0 Å². The van der Waals surface area contributed by atoms with Gasteiger partial charge in [-0.05, 0) is 64.5 Å². The molecule has 21 heavy (non-hydrogen) atoms. The van der Waals surface area contributed by atoms with Crippen LogP contribution >= 0.6 is 0 Å². The Morgan fingerprint density at radius 1 is 1.33 bits per heavy atom. The van der Waals surface area contributed by atoms with Crippen LogP contribution < -0.4 is 5.32 Å². The van der Waals surface area contributed by atoms with E-state index >= 15 is 0 Å². The molecule has 0 aromatic rings. The van der Waals surface area contributed by atoms with Crippen LogP contribution in [0.25, 0.3) is 0 Å². The zero-order valence-electron chi connectivity index (χ0n) is 13.9. The minimum atomic E-state index is -0.667. The van der Waals surface area contributed by atoms with Crippen LogP contribution in [0.2, 0.25) is 0 Å². The number of nitrogens with zero attached hydrogens (tertiary/aromatic N) is 1. The van der Waals surface area contributed by atoms with E-state index in [4.69, 9.17) is 0 Å². The van der Waals surface area contributed by atoms with Crippen LogP contribution in [0, 0.1) is 5.92 Å². The molecule has 0 radical (unpaired) electrons. The van der Waals surface area contributed by atoms with E-state index in [2.05, 4.69) is 24.1 Å². The maximum absolute atomic E-state index is 11.8. The molecule has 0 aromatic carbocycles. The summed E-state index contributed by atoms with van der Waals surface area (Å²) in [6, 6.07) is 1.37. The van der Waals surface area contributed by atoms with Gasteiger partial charge in [-0.1, -0.05) is 20.3 Å². The van der Waals surface area contributed by atoms with Crippen LogP contribution in [0.15, 0.2) is 0 Å². The van der Waals surface area contributed by atoms with Crippen molar-refractivity contribution in [2.45, 2.75) is 83.3 Å². The average Bonchev–Trinajstić information content (AvgIpc) is 3.01. The van der Waals surface area contributed by atoms with Crippen molar-refractivity contribution in [1.82, 2.24) is 10.2 Å². The lowest BCUT2D eigenvalue weighted by Gasteiger charge is -2.35. The van der Waals surface area contributed by atoms with Gasteiger partial charge in [0.25, 0.3) is 0 Å². The van der Waals surface area contributed by atoms with Gasteiger partial charge < -0.3 is 10.4 Å². The summed E-state index contributed by atoms with van der Waals surface area (Å²) in [5.74, 6) is -0.367. The molecule has 1 saturated heterocycles. The molecule has 1 heterocycles. The van der Waals surface area contributed by atoms with E-state index < -0.39 is 11.5 Å². The summed E-state index contributed by atoms with van der Waals surface area (Å²) in [4.78, 5) is 14.5. The van der Waals surface area contributed by atoms with E-state index in [1.54, 1.807) is 0 Å². The number of nitrogens with one attached hydrogen (secondary N) is 1. The molecule has 0 aromatic heterocycles. The van der Waals surface area contributed by atoms with E-state index in [1.165, 1.54) is 19.3 Å². The number of carbonyl (C=O) groups is 1. The van der Waals surface area contributed by atoms with Crippen LogP contribution in [0.3, 0.4) is 0 Å². The SMILES string of the molecule is CCNC1(C(=O)O)CCCC1CCN1C(C)CCC1CC. The van der Waals surface area contributed by atoms with Gasteiger partial charge in [-0.15, -0.1) is 0 Å². The second-order valence-corrected chi connectivity index (χ2v) is 6.91. The fourth-order valence-electron chi connectivity index (χ4n) is 4.65. The molecule has 4 nitrogen and oxygen atoms in total. The molecule has 4 atom stereocenters. The van der Waals surface area contributed by atoms with E-state index in [-0.39, 0.29) is 5.92 Å². The summed E-state index contributed by atoms with van der Waals surface area (Å²) in [5.41, 5.74) is -0.667. The predicted molar refractivity (Wildman–Crippen MR) is 85.5 cm³/mol. The quantitative estimate of drug-likeness (QED) is 0.758. The average molecular weight is 296 g/mol. The van der Waals surface area contributed by atoms with Crippen molar-refractivity contribution < 1.29 is 9.90 Å². The molecule has 0 spiro atoms. The third-order valence-electron chi connectivity index (χ3n) is 5.85. The highest BCUT2D eigenvalue weighted by Crippen LogP contribution is 2.39. The highest BCUT2D eigenvalue weighted by molar-refractivity contribution is 5.79. The standard InChI is InChI=1S/C17H32N2O2/c1-4-15-9-8-13(3)19(15)12-10-14-7-6-11-17(14,16(20)21)18-5-2/h13-15,18H,4-12H2,1-3H3,(H,20,21). The van der Waals surface area contributed by atoms with Gasteiger partial charge in [0.05, 0.1) is 0 Å². The minimum absolute atomic E-state index is 0.278. The van der Waals surface area contributed by atoms with Crippen LogP contribution in [0.4, 0.5) is 0 Å². The lowest BCUT2D eigenvalue weighted by atomic mass is 9.84. The van der Waals surface area contributed by atoms with E-state index in [9.17, 15) is 9.90 Å². The van der Waals surface area contributed by atoms with Gasteiger partial charge in [-0.25, -0.2) is 0 Å². The summed E-state index contributed by atoms with van der Waals surface area (Å²) in [6.45, 7) is 8.39. The fourth-order valence-corrected chi connectivity index (χ4v) is 4.65. The summed E-state index contributed by atoms with van der Waals surface area (Å²) in [6.07, 6.45) is 7.70. The smallest absolute Gasteiger partial charge is 0.324 e. The van der Waals surface area contributed by atoms with E-state index in [1.807, 2.05) is 6.92 Å². The summed E-state index contributed by atoms with van der Waals surface area (Å²) >= 11 is 0. The van der Waals surface area contributed by atoms with Gasteiger partial charge in [0.1, 0.15) is 5.54 Å². The Balaban J connectivity index is 1.99. The summed E-state index contributed by atoms with van der Waals surface area (Å²) in [5, 5.41) is 13.0. The lowest BCUT2D eigenvalue weighted by molar-refractivity contribution is -0.146. The monoisotopic (exact) mass is 296 g/mol. The third-order valence-corrected chi connectivity index (χ3v) is 5.85. The first kappa shape index (κ1) is 16.8. The molecule has 0 amide bonds. The molecule has 1 aliphatic heterocycles. The number of likely N-dealkylation sites (N-methyl/N-ethyl adjacent to an activating group) is 1. The Morgan fingerprint density at radius 2 is 2.10 bits per heavy atom. The molecule has 2 fully saturated rings. The molecular formula is C17H32N2O2. The predicted octanol–water partition coefficient (Wildman–Crippen LogP) is 2.87. The number of carboxylic acids is 1. The topological polar surface area (TPSA) is 52.6 Å². The van der Waals surface area contributed by atoms with Gasteiger partial charge >= 0.3 is 5.97 Å². The maximum Gasteiger partial charge on any atom is 0.324 e. The number of rotatable bonds is 7. The first-order chi connectivity index (χ1) is 10.0. The first-order valence-corrected chi connectivity index (χ1v) is 8.79. The molecule has 0 bridgehead atoms. The minimum Gasteiger partial charge on any atom is -0.480 e. The molecule has 2 N–H and O–H groups in total. The summed E-state index contributed by atoms with van der Waals surface area (Å²) in [7, 11) is 0. The van der Waals surface area contributed by atoms with Crippen LogP contribution in [0.1, 0.15) is 65.7 Å². The zero-order chi connectivity index (χ0) is 15.5. The van der Waals surface area contributed by atoms with Crippen molar-refractivity contribution in [2.75, 3.05) is 13.1 Å². The molecule has 122 valence electrons. The van der Waals surface area contributed by atoms with Crippen LogP contribution in [0.5, 0.6) is 0 Å². The lowest BCUT2D eigenvalue weighted by Crippen LogP contribution is -2.55. The number of hydrogen-bond acceptors (Lipinski definition) is 3. The van der Waals surface area contributed by atoms with Crippen molar-refractivity contribution >= 4 is 5.97 Å². The molecule has 4 unspecified atom stereocenters. The van der Waals surface area contributed by atoms with Gasteiger partial charge in [0, 0.05) is 12.1 Å². The largest absolute Gasteiger partial charge is 0.480 e. The van der Waals surface area contributed by atoms with Gasteiger partial charge in [-0.2, -0.15) is 0 Å². The Kier molecular flexibility index (Phi) is 5.67. The van der Waals surface area contributed by atoms with E-state index in [0.29, 0.717) is 12.1 Å². The highest BCUT2D eigenvalue weighted by Gasteiger charge is 2.48. The van der Waals surface area contributed by atoms with Crippen LogP contribution in [-0.2, 0) is 4.79 Å². The molecule has 2 aliphatic rings. The number of likely N-dealkylation sites (tertiary alicyclic amines) is 1. The van der Waals surface area contributed by atoms with Crippen molar-refractivity contribution in [3.8, 4) is 0 Å². The normalized spacial score (nSPS) is 37.2. The van der Waals surface area contributed by atoms with Gasteiger partial charge in [-0.3, -0.25) is 9.69 Å². The third kappa shape index (κ3) is 3.26. The maximum atomic E-state index is 11.8. The van der Waals surface area contributed by atoms with Crippen molar-refractivity contribution in [2.24, 2.45) is 5.92 Å². The molecule has 2 rings (SSSR count). The number of hydrogen-bond donors (Lipinski definition) is 2. The first-order valence-electron chi connectivity index (χ1n) is 8.79. The number of aliphatic carboxylic acids is 1. The molecule has 4 heteroatoms. The van der Waals surface area contributed by atoms with Gasteiger partial charge in [0.15, 0.2) is 0 Å². The Bertz CT molecular complexity index is 361. The van der Waals surface area contributed by atoms with Crippen LogP contribution in [-0.4, -0.2) is 46.7 Å². The highest BCUT2D eigenvalue weighted by atomic mass is 16.4. The molecular weight excluding hydrogens is 264 g/mol. The fraction of sp³-hybridized carbons (Fsp3) is 0.941. The molecule has 1 saturated carbocycles. The second kappa shape index (κ2) is 7.10.